The predicted octanol–water partition coefficient (Wildman–Crippen LogP) is 3.65. The molecule has 0 spiro atoms. The number of nitrogens with zero attached hydrogens (tertiary/aromatic N) is 1. The van der Waals surface area contributed by atoms with Crippen molar-refractivity contribution in [3.05, 3.63) is 22.4 Å². The second-order valence-corrected chi connectivity index (χ2v) is 6.74. The highest BCUT2D eigenvalue weighted by molar-refractivity contribution is 7.10. The summed E-state index contributed by atoms with van der Waals surface area (Å²) < 4.78 is 0. The van der Waals surface area contributed by atoms with Gasteiger partial charge in [0.25, 0.3) is 0 Å². The van der Waals surface area contributed by atoms with Crippen molar-refractivity contribution in [1.82, 2.24) is 4.90 Å². The molecule has 0 bridgehead atoms. The lowest BCUT2D eigenvalue weighted by Crippen LogP contribution is -2.58. The number of hydrogen-bond donors (Lipinski definition) is 1. The van der Waals surface area contributed by atoms with Crippen molar-refractivity contribution >= 4 is 11.3 Å². The smallest absolute Gasteiger partial charge is 0.0416 e. The van der Waals surface area contributed by atoms with Crippen LogP contribution < -0.4 is 5.73 Å². The van der Waals surface area contributed by atoms with Crippen LogP contribution in [-0.2, 0) is 0 Å². The molecule has 1 aliphatic carbocycles. The fourth-order valence-electron chi connectivity index (χ4n) is 3.47. The van der Waals surface area contributed by atoms with E-state index in [1.54, 1.807) is 0 Å². The van der Waals surface area contributed by atoms with Crippen LogP contribution in [0.2, 0.25) is 0 Å². The number of hydrogen-bond acceptors (Lipinski definition) is 3. The summed E-state index contributed by atoms with van der Waals surface area (Å²) in [5, 5.41) is 2.17. The Morgan fingerprint density at radius 1 is 1.56 bits per heavy atom. The van der Waals surface area contributed by atoms with Gasteiger partial charge in [0.2, 0.25) is 0 Å². The average Bonchev–Trinajstić information content (AvgIpc) is 2.92. The molecule has 18 heavy (non-hydrogen) atoms. The maximum atomic E-state index is 6.18. The summed E-state index contributed by atoms with van der Waals surface area (Å²) in [5.41, 5.74) is 6.38. The zero-order chi connectivity index (χ0) is 13.2. The van der Waals surface area contributed by atoms with Crippen molar-refractivity contribution in [1.29, 1.82) is 0 Å². The van der Waals surface area contributed by atoms with Gasteiger partial charge in [-0.05, 0) is 44.2 Å². The van der Waals surface area contributed by atoms with Crippen LogP contribution in [0.5, 0.6) is 0 Å². The minimum Gasteiger partial charge on any atom is -0.329 e. The van der Waals surface area contributed by atoms with Crippen LogP contribution in [0.15, 0.2) is 17.5 Å². The van der Waals surface area contributed by atoms with E-state index in [1.165, 1.54) is 30.6 Å². The maximum Gasteiger partial charge on any atom is 0.0416 e. The van der Waals surface area contributed by atoms with Gasteiger partial charge in [-0.1, -0.05) is 25.8 Å². The van der Waals surface area contributed by atoms with Crippen LogP contribution in [0.1, 0.15) is 50.4 Å². The second kappa shape index (κ2) is 5.72. The van der Waals surface area contributed by atoms with Gasteiger partial charge in [-0.25, -0.2) is 0 Å². The highest BCUT2D eigenvalue weighted by Crippen LogP contribution is 2.41. The van der Waals surface area contributed by atoms with Crippen LogP contribution in [0.3, 0.4) is 0 Å². The first-order chi connectivity index (χ1) is 8.62. The lowest BCUT2D eigenvalue weighted by atomic mass is 9.72. The van der Waals surface area contributed by atoms with Crippen LogP contribution in [0, 0.1) is 5.92 Å². The molecular formula is C15H26N2S. The third-order valence-corrected chi connectivity index (χ3v) is 6.05. The standard InChI is InChI=1S/C15H26N2S/c1-12-7-4-5-9-15(12,11-16)17(3)13(2)14-8-6-10-18-14/h6,8,10,12-13H,4-5,7,9,11,16H2,1-3H3. The molecule has 2 N–H and O–H groups in total. The fraction of sp³-hybridized carbons (Fsp3) is 0.733. The largest absolute Gasteiger partial charge is 0.329 e. The molecule has 1 fully saturated rings. The molecule has 1 saturated carbocycles. The summed E-state index contributed by atoms with van der Waals surface area (Å²) >= 11 is 1.85. The summed E-state index contributed by atoms with van der Waals surface area (Å²) in [5.74, 6) is 0.698. The Morgan fingerprint density at radius 2 is 2.33 bits per heavy atom. The molecule has 1 heterocycles. The summed E-state index contributed by atoms with van der Waals surface area (Å²) in [6.45, 7) is 5.47. The van der Waals surface area contributed by atoms with Gasteiger partial charge in [-0.3, -0.25) is 4.90 Å². The van der Waals surface area contributed by atoms with E-state index in [-0.39, 0.29) is 5.54 Å². The van der Waals surface area contributed by atoms with Crippen LogP contribution in [-0.4, -0.2) is 24.0 Å². The van der Waals surface area contributed by atoms with Crippen molar-refractivity contribution in [2.45, 2.75) is 51.1 Å². The molecule has 0 aliphatic heterocycles. The molecule has 1 aliphatic rings. The number of rotatable bonds is 4. The fourth-order valence-corrected chi connectivity index (χ4v) is 4.30. The molecule has 0 amide bonds. The number of likely N-dealkylation sites (N-methyl/N-ethyl adjacent to an activating group) is 1. The van der Waals surface area contributed by atoms with Crippen LogP contribution >= 0.6 is 11.3 Å². The van der Waals surface area contributed by atoms with E-state index in [0.717, 1.165) is 6.54 Å². The van der Waals surface area contributed by atoms with Crippen LogP contribution in [0.25, 0.3) is 0 Å². The molecule has 102 valence electrons. The van der Waals surface area contributed by atoms with E-state index in [9.17, 15) is 0 Å². The van der Waals surface area contributed by atoms with Crippen molar-refractivity contribution in [2.24, 2.45) is 11.7 Å². The molecular weight excluding hydrogens is 240 g/mol. The topological polar surface area (TPSA) is 29.3 Å². The zero-order valence-electron chi connectivity index (χ0n) is 11.9. The Hall–Kier alpha value is -0.380. The third-order valence-electron chi connectivity index (χ3n) is 5.01. The number of thiophene rings is 1. The summed E-state index contributed by atoms with van der Waals surface area (Å²) in [6, 6.07) is 4.85. The molecule has 0 saturated heterocycles. The minimum absolute atomic E-state index is 0.196. The van der Waals surface area contributed by atoms with Crippen molar-refractivity contribution in [3.63, 3.8) is 0 Å². The van der Waals surface area contributed by atoms with E-state index < -0.39 is 0 Å². The Morgan fingerprint density at radius 3 is 2.89 bits per heavy atom. The highest BCUT2D eigenvalue weighted by atomic mass is 32.1. The van der Waals surface area contributed by atoms with E-state index in [2.05, 4.69) is 43.3 Å². The molecule has 2 rings (SSSR count). The Bertz CT molecular complexity index is 363. The van der Waals surface area contributed by atoms with Gasteiger partial charge in [-0.2, -0.15) is 0 Å². The lowest BCUT2D eigenvalue weighted by molar-refractivity contribution is 0.00745. The van der Waals surface area contributed by atoms with Crippen LogP contribution in [0.4, 0.5) is 0 Å². The zero-order valence-corrected chi connectivity index (χ0v) is 12.7. The first-order valence-corrected chi connectivity index (χ1v) is 7.96. The highest BCUT2D eigenvalue weighted by Gasteiger charge is 2.42. The average molecular weight is 266 g/mol. The van der Waals surface area contributed by atoms with Gasteiger partial charge in [0.15, 0.2) is 0 Å². The Kier molecular flexibility index (Phi) is 4.46. The van der Waals surface area contributed by atoms with Gasteiger partial charge in [0.1, 0.15) is 0 Å². The first-order valence-electron chi connectivity index (χ1n) is 7.08. The van der Waals surface area contributed by atoms with Gasteiger partial charge < -0.3 is 5.73 Å². The Labute approximate surface area is 115 Å². The molecule has 0 aromatic carbocycles. The summed E-state index contributed by atoms with van der Waals surface area (Å²) in [4.78, 5) is 3.99. The molecule has 3 atom stereocenters. The molecule has 1 aromatic heterocycles. The molecule has 1 aromatic rings. The summed E-state index contributed by atoms with van der Waals surface area (Å²) in [6.07, 6.45) is 5.25. The maximum absolute atomic E-state index is 6.18. The van der Waals surface area contributed by atoms with E-state index >= 15 is 0 Å². The second-order valence-electron chi connectivity index (χ2n) is 5.76. The van der Waals surface area contributed by atoms with E-state index in [0.29, 0.717) is 12.0 Å². The molecule has 2 nitrogen and oxygen atoms in total. The molecule has 0 radical (unpaired) electrons. The number of nitrogens with two attached hydrogens (primary N) is 1. The van der Waals surface area contributed by atoms with Gasteiger partial charge in [0.05, 0.1) is 0 Å². The van der Waals surface area contributed by atoms with Crippen molar-refractivity contribution in [3.8, 4) is 0 Å². The van der Waals surface area contributed by atoms with Gasteiger partial charge in [0, 0.05) is 23.0 Å². The SMILES string of the molecule is CC(c1cccs1)N(C)C1(CN)CCCCC1C. The van der Waals surface area contributed by atoms with Crippen molar-refractivity contribution < 1.29 is 0 Å². The first kappa shape index (κ1) is 14.0. The van der Waals surface area contributed by atoms with Gasteiger partial charge in [-0.15, -0.1) is 11.3 Å². The molecule has 3 heteroatoms. The minimum atomic E-state index is 0.196. The normalized spacial score (nSPS) is 30.6. The van der Waals surface area contributed by atoms with E-state index in [1.807, 2.05) is 11.3 Å². The third kappa shape index (κ3) is 2.36. The lowest BCUT2D eigenvalue weighted by Gasteiger charge is -2.50. The van der Waals surface area contributed by atoms with Crippen molar-refractivity contribution in [2.75, 3.05) is 13.6 Å². The Balaban J connectivity index is 2.21. The molecule has 3 unspecified atom stereocenters. The summed E-state index contributed by atoms with van der Waals surface area (Å²) in [7, 11) is 2.26. The quantitative estimate of drug-likeness (QED) is 0.901. The van der Waals surface area contributed by atoms with Gasteiger partial charge >= 0.3 is 0 Å². The van der Waals surface area contributed by atoms with E-state index in [4.69, 9.17) is 5.73 Å². The predicted molar refractivity (Wildman–Crippen MR) is 79.9 cm³/mol. The monoisotopic (exact) mass is 266 g/mol.